The Hall–Kier alpha value is -2.26. The minimum absolute atomic E-state index is 0.129. The summed E-state index contributed by atoms with van der Waals surface area (Å²) in [5.41, 5.74) is 7.96. The first-order valence-electron chi connectivity index (χ1n) is 5.47. The third kappa shape index (κ3) is 2.52. The lowest BCUT2D eigenvalue weighted by molar-refractivity contribution is 0.626. The van der Waals surface area contributed by atoms with Gasteiger partial charge in [-0.1, -0.05) is 17.3 Å². The van der Waals surface area contributed by atoms with Crippen molar-refractivity contribution in [1.82, 2.24) is 15.0 Å². The Morgan fingerprint density at radius 2 is 2.06 bits per heavy atom. The highest BCUT2D eigenvalue weighted by Crippen LogP contribution is 2.13. The lowest BCUT2D eigenvalue weighted by Crippen LogP contribution is -2.08. The number of nitrogens with two attached hydrogens (primary N) is 1. The maximum Gasteiger partial charge on any atom is 0.130 e. The van der Waals surface area contributed by atoms with E-state index in [0.717, 1.165) is 11.3 Å². The van der Waals surface area contributed by atoms with E-state index in [0.29, 0.717) is 12.1 Å². The van der Waals surface area contributed by atoms with Crippen molar-refractivity contribution < 1.29 is 4.39 Å². The molecular weight excluding hydrogens is 233 g/mol. The summed E-state index contributed by atoms with van der Waals surface area (Å²) >= 11 is 0. The van der Waals surface area contributed by atoms with E-state index in [-0.39, 0.29) is 18.9 Å². The average Bonchev–Trinajstić information content (AvgIpc) is 2.75. The Morgan fingerprint density at radius 3 is 2.67 bits per heavy atom. The molecule has 2 N–H and O–H groups in total. The second-order valence-electron chi connectivity index (χ2n) is 3.81. The van der Waals surface area contributed by atoms with Gasteiger partial charge < -0.3 is 5.73 Å². The number of benzene rings is 1. The Bertz CT molecular complexity index is 567. The molecule has 92 valence electrons. The van der Waals surface area contributed by atoms with Crippen LogP contribution < -0.4 is 5.73 Å². The molecule has 0 atom stereocenters. The summed E-state index contributed by atoms with van der Waals surface area (Å²) in [5, 5.41) is 16.5. The maximum atomic E-state index is 12.8. The molecule has 0 saturated carbocycles. The fourth-order valence-corrected chi connectivity index (χ4v) is 1.71. The second-order valence-corrected chi connectivity index (χ2v) is 3.81. The van der Waals surface area contributed by atoms with Crippen LogP contribution in [0.15, 0.2) is 24.3 Å². The lowest BCUT2D eigenvalue weighted by atomic mass is 10.1. The van der Waals surface area contributed by atoms with E-state index in [9.17, 15) is 4.39 Å². The Balaban J connectivity index is 2.29. The number of rotatable bonds is 4. The summed E-state index contributed by atoms with van der Waals surface area (Å²) in [7, 11) is 0. The van der Waals surface area contributed by atoms with Crippen LogP contribution in [0.3, 0.4) is 0 Å². The molecule has 5 nitrogen and oxygen atoms in total. The molecule has 18 heavy (non-hydrogen) atoms. The zero-order valence-corrected chi connectivity index (χ0v) is 9.67. The predicted molar refractivity (Wildman–Crippen MR) is 62.7 cm³/mol. The van der Waals surface area contributed by atoms with Gasteiger partial charge in [0.1, 0.15) is 12.4 Å². The zero-order chi connectivity index (χ0) is 13.0. The molecule has 0 aliphatic carbocycles. The number of nitriles is 1. The van der Waals surface area contributed by atoms with Gasteiger partial charge in [0.15, 0.2) is 0 Å². The molecule has 0 aliphatic rings. The first-order valence-corrected chi connectivity index (χ1v) is 5.47. The summed E-state index contributed by atoms with van der Waals surface area (Å²) in [5.74, 6) is -0.276. The molecule has 1 heterocycles. The second kappa shape index (κ2) is 5.38. The Kier molecular flexibility index (Phi) is 3.65. The number of nitrogens with zero attached hydrogens (tertiary/aromatic N) is 4. The largest absolute Gasteiger partial charge is 0.325 e. The van der Waals surface area contributed by atoms with Gasteiger partial charge in [0.2, 0.25) is 0 Å². The van der Waals surface area contributed by atoms with Crippen LogP contribution in [-0.4, -0.2) is 15.0 Å². The van der Waals surface area contributed by atoms with Gasteiger partial charge in [-0.3, -0.25) is 0 Å². The SMILES string of the molecule is N#CCn1nnc(CN)c1Cc1ccc(F)cc1. The highest BCUT2D eigenvalue weighted by Gasteiger charge is 2.12. The third-order valence-electron chi connectivity index (χ3n) is 2.62. The van der Waals surface area contributed by atoms with Crippen LogP contribution >= 0.6 is 0 Å². The fraction of sp³-hybridized carbons (Fsp3) is 0.250. The minimum Gasteiger partial charge on any atom is -0.325 e. The van der Waals surface area contributed by atoms with Crippen LogP contribution in [-0.2, 0) is 19.5 Å². The predicted octanol–water partition coefficient (Wildman–Crippen LogP) is 0.990. The molecule has 1 aromatic carbocycles. The van der Waals surface area contributed by atoms with Crippen LogP contribution in [0.25, 0.3) is 0 Å². The number of halogens is 1. The van der Waals surface area contributed by atoms with Gasteiger partial charge in [-0.2, -0.15) is 5.26 Å². The van der Waals surface area contributed by atoms with Gasteiger partial charge >= 0.3 is 0 Å². The van der Waals surface area contributed by atoms with Crippen molar-refractivity contribution in [3.8, 4) is 6.07 Å². The quantitative estimate of drug-likeness (QED) is 0.871. The van der Waals surface area contributed by atoms with E-state index in [4.69, 9.17) is 11.0 Å². The molecule has 2 rings (SSSR count). The standard InChI is InChI=1S/C12H12FN5/c13-10-3-1-9(2-4-10)7-12-11(8-15)16-17-18(12)6-5-14/h1-4H,6-8,15H2. The molecule has 2 aromatic rings. The van der Waals surface area contributed by atoms with Crippen molar-refractivity contribution in [3.05, 3.63) is 47.0 Å². The molecule has 0 saturated heterocycles. The van der Waals surface area contributed by atoms with Crippen molar-refractivity contribution in [1.29, 1.82) is 5.26 Å². The van der Waals surface area contributed by atoms with Crippen LogP contribution in [0.5, 0.6) is 0 Å². The van der Waals surface area contributed by atoms with E-state index in [1.54, 1.807) is 12.1 Å². The Morgan fingerprint density at radius 1 is 1.33 bits per heavy atom. The first-order chi connectivity index (χ1) is 8.74. The van der Waals surface area contributed by atoms with Crippen molar-refractivity contribution in [3.63, 3.8) is 0 Å². The van der Waals surface area contributed by atoms with Gasteiger partial charge in [-0.25, -0.2) is 9.07 Å². The van der Waals surface area contributed by atoms with E-state index >= 15 is 0 Å². The van der Waals surface area contributed by atoms with Crippen molar-refractivity contribution in [2.45, 2.75) is 19.5 Å². The van der Waals surface area contributed by atoms with Gasteiger partial charge in [0.05, 0.1) is 17.5 Å². The van der Waals surface area contributed by atoms with Gasteiger partial charge in [0, 0.05) is 13.0 Å². The van der Waals surface area contributed by atoms with Gasteiger partial charge in [0.25, 0.3) is 0 Å². The van der Waals surface area contributed by atoms with Crippen LogP contribution in [0.4, 0.5) is 4.39 Å². The molecule has 0 aliphatic heterocycles. The first kappa shape index (κ1) is 12.2. The van der Waals surface area contributed by atoms with Gasteiger partial charge in [-0.15, -0.1) is 5.10 Å². The van der Waals surface area contributed by atoms with E-state index in [2.05, 4.69) is 10.3 Å². The number of aromatic nitrogens is 3. The smallest absolute Gasteiger partial charge is 0.130 e. The molecule has 0 amide bonds. The maximum absolute atomic E-state index is 12.8. The summed E-state index contributed by atoms with van der Waals surface area (Å²) < 4.78 is 14.3. The van der Waals surface area contributed by atoms with Crippen LogP contribution in [0.2, 0.25) is 0 Å². The lowest BCUT2D eigenvalue weighted by Gasteiger charge is -2.04. The molecular formula is C12H12FN5. The average molecular weight is 245 g/mol. The Labute approximate surface area is 104 Å². The topological polar surface area (TPSA) is 80.5 Å². The van der Waals surface area contributed by atoms with Crippen molar-refractivity contribution in [2.24, 2.45) is 5.73 Å². The molecule has 0 unspecified atom stereocenters. The van der Waals surface area contributed by atoms with Crippen molar-refractivity contribution >= 4 is 0 Å². The summed E-state index contributed by atoms with van der Waals surface area (Å²) in [4.78, 5) is 0. The molecule has 0 radical (unpaired) electrons. The molecule has 1 aromatic heterocycles. The van der Waals surface area contributed by atoms with E-state index in [1.807, 2.05) is 6.07 Å². The third-order valence-corrected chi connectivity index (χ3v) is 2.62. The highest BCUT2D eigenvalue weighted by atomic mass is 19.1. The molecule has 0 spiro atoms. The zero-order valence-electron chi connectivity index (χ0n) is 9.67. The normalized spacial score (nSPS) is 10.3. The summed E-state index contributed by atoms with van der Waals surface area (Å²) in [6, 6.07) is 8.20. The van der Waals surface area contributed by atoms with Gasteiger partial charge in [-0.05, 0) is 17.7 Å². The monoisotopic (exact) mass is 245 g/mol. The van der Waals surface area contributed by atoms with Crippen LogP contribution in [0, 0.1) is 17.1 Å². The minimum atomic E-state index is -0.276. The fourth-order valence-electron chi connectivity index (χ4n) is 1.71. The van der Waals surface area contributed by atoms with Crippen molar-refractivity contribution in [2.75, 3.05) is 0 Å². The van der Waals surface area contributed by atoms with E-state index < -0.39 is 0 Å². The highest BCUT2D eigenvalue weighted by molar-refractivity contribution is 5.24. The van der Waals surface area contributed by atoms with E-state index in [1.165, 1.54) is 16.8 Å². The summed E-state index contributed by atoms with van der Waals surface area (Å²) in [6.07, 6.45) is 0.529. The number of hydrogen-bond acceptors (Lipinski definition) is 4. The number of hydrogen-bond donors (Lipinski definition) is 1. The molecule has 6 heteroatoms. The van der Waals surface area contributed by atoms with Crippen LogP contribution in [0.1, 0.15) is 17.0 Å². The summed E-state index contributed by atoms with van der Waals surface area (Å²) in [6.45, 7) is 0.394. The molecule has 0 fully saturated rings. The molecule has 0 bridgehead atoms.